The molecule has 5 heteroatoms. The Balaban J connectivity index is 1.98. The molecular weight excluding hydrogens is 292 g/mol. The van der Waals surface area contributed by atoms with Crippen LogP contribution in [-0.4, -0.2) is 30.2 Å². The Morgan fingerprint density at radius 3 is 2.70 bits per heavy atom. The highest BCUT2D eigenvalue weighted by Gasteiger charge is 2.51. The van der Waals surface area contributed by atoms with Gasteiger partial charge in [0, 0.05) is 18.1 Å². The first kappa shape index (κ1) is 13.8. The maximum atomic E-state index is 12.8. The molecule has 0 bridgehead atoms. The summed E-state index contributed by atoms with van der Waals surface area (Å²) in [6, 6.07) is 14.8. The van der Waals surface area contributed by atoms with Gasteiger partial charge < -0.3 is 19.7 Å². The fraction of sp³-hybridized carbons (Fsp3) is 0.167. The Kier molecular flexibility index (Phi) is 2.77. The fourth-order valence-electron chi connectivity index (χ4n) is 3.22. The number of fused-ring (bicyclic) bond motifs is 2. The first-order valence-electron chi connectivity index (χ1n) is 7.33. The molecule has 1 aromatic heterocycles. The number of hydrogen-bond acceptors (Lipinski definition) is 3. The number of hydrogen-bond donors (Lipinski definition) is 2. The van der Waals surface area contributed by atoms with E-state index in [9.17, 15) is 9.90 Å². The van der Waals surface area contributed by atoms with Crippen LogP contribution in [0.15, 0.2) is 48.5 Å². The lowest BCUT2D eigenvalue weighted by Crippen LogP contribution is -2.39. The highest BCUT2D eigenvalue weighted by atomic mass is 16.5. The van der Waals surface area contributed by atoms with Crippen LogP contribution in [0.5, 0.6) is 5.75 Å². The molecule has 23 heavy (non-hydrogen) atoms. The summed E-state index contributed by atoms with van der Waals surface area (Å²) in [5.41, 5.74) is 0.801. The normalized spacial score (nSPS) is 20.1. The van der Waals surface area contributed by atoms with Crippen LogP contribution in [0.2, 0.25) is 0 Å². The topological polar surface area (TPSA) is 65.6 Å². The van der Waals surface area contributed by atoms with Crippen LogP contribution in [-0.2, 0) is 10.4 Å². The molecule has 0 aliphatic carbocycles. The number of ether oxygens (including phenoxy) is 1. The van der Waals surface area contributed by atoms with E-state index in [4.69, 9.17) is 4.74 Å². The van der Waals surface area contributed by atoms with Crippen LogP contribution >= 0.6 is 0 Å². The van der Waals surface area contributed by atoms with Crippen LogP contribution in [0.3, 0.4) is 0 Å². The molecule has 0 spiro atoms. The van der Waals surface area contributed by atoms with Gasteiger partial charge in [-0.3, -0.25) is 4.79 Å². The van der Waals surface area contributed by atoms with Gasteiger partial charge in [0.05, 0.1) is 18.5 Å². The number of H-pyrrole nitrogens is 1. The number of carbonyl (C=O) groups is 1. The highest BCUT2D eigenvalue weighted by molar-refractivity contribution is 6.09. The third-order valence-electron chi connectivity index (χ3n) is 4.49. The van der Waals surface area contributed by atoms with Crippen molar-refractivity contribution in [3.05, 3.63) is 59.8 Å². The van der Waals surface area contributed by atoms with E-state index in [0.717, 1.165) is 10.9 Å². The van der Waals surface area contributed by atoms with E-state index in [2.05, 4.69) is 4.98 Å². The number of aromatic nitrogens is 1. The van der Waals surface area contributed by atoms with E-state index < -0.39 is 5.60 Å². The van der Waals surface area contributed by atoms with Gasteiger partial charge in [0.1, 0.15) is 5.75 Å². The van der Waals surface area contributed by atoms with Crippen molar-refractivity contribution in [3.63, 3.8) is 0 Å². The number of benzene rings is 2. The summed E-state index contributed by atoms with van der Waals surface area (Å²) in [7, 11) is 3.22. The molecule has 4 rings (SSSR count). The smallest absolute Gasteiger partial charge is 0.269 e. The van der Waals surface area contributed by atoms with Crippen molar-refractivity contribution in [2.24, 2.45) is 0 Å². The predicted molar refractivity (Wildman–Crippen MR) is 87.7 cm³/mol. The summed E-state index contributed by atoms with van der Waals surface area (Å²) < 4.78 is 5.25. The second-order valence-electron chi connectivity index (χ2n) is 5.73. The van der Waals surface area contributed by atoms with Crippen molar-refractivity contribution >= 4 is 22.5 Å². The first-order chi connectivity index (χ1) is 11.1. The summed E-state index contributed by atoms with van der Waals surface area (Å²) in [5.74, 6) is 0.216. The van der Waals surface area contributed by atoms with E-state index in [-0.39, 0.29) is 5.91 Å². The maximum Gasteiger partial charge on any atom is 0.269 e. The molecular formula is C18H16N2O3. The molecule has 2 heterocycles. The molecule has 2 N–H and O–H groups in total. The molecule has 0 fully saturated rings. The van der Waals surface area contributed by atoms with Gasteiger partial charge in [-0.2, -0.15) is 0 Å². The number of amides is 1. The minimum atomic E-state index is -1.74. The van der Waals surface area contributed by atoms with Gasteiger partial charge in [0.25, 0.3) is 5.91 Å². The molecule has 116 valence electrons. The monoisotopic (exact) mass is 308 g/mol. The first-order valence-corrected chi connectivity index (χ1v) is 7.33. The fourth-order valence-corrected chi connectivity index (χ4v) is 3.22. The second kappa shape index (κ2) is 4.60. The highest BCUT2D eigenvalue weighted by Crippen LogP contribution is 2.45. The van der Waals surface area contributed by atoms with E-state index >= 15 is 0 Å². The van der Waals surface area contributed by atoms with Crippen molar-refractivity contribution in [2.75, 3.05) is 19.1 Å². The minimum Gasteiger partial charge on any atom is -0.497 e. The summed E-state index contributed by atoms with van der Waals surface area (Å²) in [5, 5.41) is 12.2. The average Bonchev–Trinajstić information content (AvgIpc) is 3.10. The number of nitrogens with zero attached hydrogens (tertiary/aromatic N) is 1. The third-order valence-corrected chi connectivity index (χ3v) is 4.49. The molecule has 0 radical (unpaired) electrons. The molecule has 0 saturated heterocycles. The third kappa shape index (κ3) is 1.74. The Bertz CT molecular complexity index is 898. The Morgan fingerprint density at radius 1 is 1.17 bits per heavy atom. The maximum absolute atomic E-state index is 12.8. The molecule has 2 aromatic carbocycles. The van der Waals surface area contributed by atoms with Gasteiger partial charge in [-0.25, -0.2) is 0 Å². The van der Waals surface area contributed by atoms with Crippen molar-refractivity contribution in [2.45, 2.75) is 5.60 Å². The van der Waals surface area contributed by atoms with E-state index in [0.29, 0.717) is 22.7 Å². The number of aliphatic hydroxyl groups is 1. The van der Waals surface area contributed by atoms with Gasteiger partial charge in [-0.15, -0.1) is 0 Å². The second-order valence-corrected chi connectivity index (χ2v) is 5.73. The zero-order valence-electron chi connectivity index (χ0n) is 12.8. The Labute approximate surface area is 133 Å². The van der Waals surface area contributed by atoms with Gasteiger partial charge in [-0.1, -0.05) is 18.2 Å². The SMILES string of the molecule is COc1ccc2c(c1)C(O)(c1cc3ccccc3[nH]1)C(=O)N2C. The predicted octanol–water partition coefficient (Wildman–Crippen LogP) is 2.39. The van der Waals surface area contributed by atoms with E-state index in [1.807, 2.05) is 30.3 Å². The molecule has 1 unspecified atom stereocenters. The molecule has 1 aliphatic heterocycles. The largest absolute Gasteiger partial charge is 0.497 e. The van der Waals surface area contributed by atoms with Gasteiger partial charge >= 0.3 is 0 Å². The van der Waals surface area contributed by atoms with E-state index in [1.165, 1.54) is 4.90 Å². The van der Waals surface area contributed by atoms with Crippen molar-refractivity contribution in [1.29, 1.82) is 0 Å². The summed E-state index contributed by atoms with van der Waals surface area (Å²) >= 11 is 0. The lowest BCUT2D eigenvalue weighted by atomic mass is 9.91. The quantitative estimate of drug-likeness (QED) is 0.764. The van der Waals surface area contributed by atoms with Crippen molar-refractivity contribution < 1.29 is 14.6 Å². The summed E-state index contributed by atoms with van der Waals surface area (Å²) in [6.07, 6.45) is 0. The molecule has 1 atom stereocenters. The van der Waals surface area contributed by atoms with Crippen LogP contribution < -0.4 is 9.64 Å². The number of methoxy groups -OCH3 is 1. The molecule has 5 nitrogen and oxygen atoms in total. The number of nitrogens with one attached hydrogen (secondary N) is 1. The lowest BCUT2D eigenvalue weighted by Gasteiger charge is -2.20. The number of anilines is 1. The summed E-state index contributed by atoms with van der Waals surface area (Å²) in [6.45, 7) is 0. The van der Waals surface area contributed by atoms with Crippen LogP contribution in [0.4, 0.5) is 5.69 Å². The van der Waals surface area contributed by atoms with Crippen LogP contribution in [0.25, 0.3) is 10.9 Å². The van der Waals surface area contributed by atoms with Crippen molar-refractivity contribution in [1.82, 2.24) is 4.98 Å². The average molecular weight is 308 g/mol. The van der Waals surface area contributed by atoms with Crippen LogP contribution in [0.1, 0.15) is 11.3 Å². The number of aromatic amines is 1. The Morgan fingerprint density at radius 2 is 1.96 bits per heavy atom. The zero-order chi connectivity index (χ0) is 16.2. The van der Waals surface area contributed by atoms with Gasteiger partial charge in [-0.05, 0) is 35.7 Å². The standard InChI is InChI=1S/C18H16N2O3/c1-20-15-8-7-12(23-2)10-13(15)18(22,17(20)21)16-9-11-5-3-4-6-14(11)19-16/h3-10,19,22H,1-2H3. The molecule has 3 aromatic rings. The lowest BCUT2D eigenvalue weighted by molar-refractivity contribution is -0.132. The van der Waals surface area contributed by atoms with Gasteiger partial charge in [0.15, 0.2) is 0 Å². The molecule has 1 amide bonds. The molecule has 0 saturated carbocycles. The minimum absolute atomic E-state index is 0.382. The number of para-hydroxylation sites is 1. The zero-order valence-corrected chi connectivity index (χ0v) is 12.8. The van der Waals surface area contributed by atoms with Crippen molar-refractivity contribution in [3.8, 4) is 5.75 Å². The molecule has 1 aliphatic rings. The summed E-state index contributed by atoms with van der Waals surface area (Å²) in [4.78, 5) is 17.4. The Hall–Kier alpha value is -2.79. The van der Waals surface area contributed by atoms with Gasteiger partial charge in [0.2, 0.25) is 5.60 Å². The van der Waals surface area contributed by atoms with Crippen LogP contribution in [0, 0.1) is 0 Å². The number of likely N-dealkylation sites (N-methyl/N-ethyl adjacent to an activating group) is 1. The number of rotatable bonds is 2. The van der Waals surface area contributed by atoms with E-state index in [1.54, 1.807) is 32.4 Å². The number of carbonyl (C=O) groups excluding carboxylic acids is 1.